The lowest BCUT2D eigenvalue weighted by molar-refractivity contribution is -0.121. The summed E-state index contributed by atoms with van der Waals surface area (Å²) in [4.78, 5) is 12.8. The van der Waals surface area contributed by atoms with Crippen molar-refractivity contribution in [1.82, 2.24) is 9.73 Å². The van der Waals surface area contributed by atoms with Crippen molar-refractivity contribution >= 4 is 22.1 Å². The fourth-order valence-corrected chi connectivity index (χ4v) is 4.81. The first-order valence-electron chi connectivity index (χ1n) is 11.0. The molecule has 0 aromatic heterocycles. The van der Waals surface area contributed by atoms with Crippen LogP contribution in [0.4, 0.5) is 0 Å². The summed E-state index contributed by atoms with van der Waals surface area (Å²) in [5.74, 6) is 0.704. The molecule has 3 aromatic carbocycles. The molecule has 0 heterocycles. The van der Waals surface area contributed by atoms with E-state index in [1.807, 2.05) is 25.1 Å². The SMILES string of the molecule is COc1cc(/C=N\NC(=O)CN(Cc2ccccc2)S(=O)(=O)c2ccc(C)cc2)cc(OC)c1OC. The van der Waals surface area contributed by atoms with Crippen LogP contribution in [0.5, 0.6) is 17.2 Å². The van der Waals surface area contributed by atoms with Gasteiger partial charge in [0.05, 0.1) is 39.0 Å². The summed E-state index contributed by atoms with van der Waals surface area (Å²) in [6, 6.07) is 18.9. The summed E-state index contributed by atoms with van der Waals surface area (Å²) in [6.07, 6.45) is 1.40. The molecule has 0 aliphatic carbocycles. The van der Waals surface area contributed by atoms with Gasteiger partial charge < -0.3 is 14.2 Å². The Balaban J connectivity index is 1.79. The van der Waals surface area contributed by atoms with E-state index in [0.717, 1.165) is 15.4 Å². The van der Waals surface area contributed by atoms with Gasteiger partial charge in [0.2, 0.25) is 15.8 Å². The number of methoxy groups -OCH3 is 3. The van der Waals surface area contributed by atoms with Crippen LogP contribution in [-0.2, 0) is 21.4 Å². The molecule has 1 N–H and O–H groups in total. The van der Waals surface area contributed by atoms with Crippen molar-refractivity contribution in [2.24, 2.45) is 5.10 Å². The maximum atomic E-state index is 13.3. The normalized spacial score (nSPS) is 11.5. The minimum atomic E-state index is -3.94. The highest BCUT2D eigenvalue weighted by Crippen LogP contribution is 2.37. The maximum Gasteiger partial charge on any atom is 0.255 e. The summed E-state index contributed by atoms with van der Waals surface area (Å²) < 4.78 is 43.7. The first kappa shape index (κ1) is 26.7. The number of benzene rings is 3. The third kappa shape index (κ3) is 6.61. The van der Waals surface area contributed by atoms with Crippen molar-refractivity contribution in [3.05, 3.63) is 83.4 Å². The van der Waals surface area contributed by atoms with Crippen molar-refractivity contribution in [3.63, 3.8) is 0 Å². The summed E-state index contributed by atoms with van der Waals surface area (Å²) in [5, 5.41) is 3.98. The average molecular weight is 512 g/mol. The van der Waals surface area contributed by atoms with Crippen LogP contribution < -0.4 is 19.6 Å². The van der Waals surface area contributed by atoms with Crippen LogP contribution in [0.25, 0.3) is 0 Å². The minimum absolute atomic E-state index is 0.0288. The Morgan fingerprint density at radius 2 is 1.56 bits per heavy atom. The van der Waals surface area contributed by atoms with Gasteiger partial charge in [0.1, 0.15) is 0 Å². The number of nitrogens with zero attached hydrogens (tertiary/aromatic N) is 2. The lowest BCUT2D eigenvalue weighted by atomic mass is 10.2. The zero-order valence-corrected chi connectivity index (χ0v) is 21.4. The molecule has 9 nitrogen and oxygen atoms in total. The molecule has 0 fully saturated rings. The molecule has 190 valence electrons. The number of amides is 1. The highest BCUT2D eigenvalue weighted by molar-refractivity contribution is 7.89. The molecule has 0 saturated heterocycles. The molecule has 3 aromatic rings. The molecule has 0 aliphatic heterocycles. The molecule has 0 atom stereocenters. The second-order valence-electron chi connectivity index (χ2n) is 7.82. The van der Waals surface area contributed by atoms with E-state index in [9.17, 15) is 13.2 Å². The third-order valence-electron chi connectivity index (χ3n) is 5.27. The minimum Gasteiger partial charge on any atom is -0.493 e. The van der Waals surface area contributed by atoms with Crippen LogP contribution in [0, 0.1) is 6.92 Å². The number of rotatable bonds is 11. The molecule has 10 heteroatoms. The fraction of sp³-hybridized carbons (Fsp3) is 0.231. The van der Waals surface area contributed by atoms with Crippen molar-refractivity contribution in [1.29, 1.82) is 0 Å². The monoisotopic (exact) mass is 511 g/mol. The predicted molar refractivity (Wildman–Crippen MR) is 137 cm³/mol. The number of carbonyl (C=O) groups is 1. The first-order chi connectivity index (χ1) is 17.3. The van der Waals surface area contributed by atoms with E-state index in [2.05, 4.69) is 10.5 Å². The number of carbonyl (C=O) groups excluding carboxylic acids is 1. The molecule has 36 heavy (non-hydrogen) atoms. The van der Waals surface area contributed by atoms with E-state index >= 15 is 0 Å². The Morgan fingerprint density at radius 1 is 0.944 bits per heavy atom. The van der Waals surface area contributed by atoms with Gasteiger partial charge in [-0.1, -0.05) is 48.0 Å². The Kier molecular flexibility index (Phi) is 9.04. The van der Waals surface area contributed by atoms with Crippen molar-refractivity contribution in [2.75, 3.05) is 27.9 Å². The van der Waals surface area contributed by atoms with Crippen molar-refractivity contribution < 1.29 is 27.4 Å². The van der Waals surface area contributed by atoms with Gasteiger partial charge in [0.15, 0.2) is 11.5 Å². The van der Waals surface area contributed by atoms with Crippen LogP contribution in [0.2, 0.25) is 0 Å². The van der Waals surface area contributed by atoms with E-state index in [1.54, 1.807) is 36.4 Å². The van der Waals surface area contributed by atoms with Gasteiger partial charge in [-0.05, 0) is 36.8 Å². The Morgan fingerprint density at radius 3 is 2.11 bits per heavy atom. The molecular weight excluding hydrogens is 482 g/mol. The van der Waals surface area contributed by atoms with Gasteiger partial charge >= 0.3 is 0 Å². The quantitative estimate of drug-likeness (QED) is 0.313. The summed E-state index contributed by atoms with van der Waals surface area (Å²) >= 11 is 0. The Hall–Kier alpha value is -3.89. The molecule has 0 bridgehead atoms. The summed E-state index contributed by atoms with van der Waals surface area (Å²) in [7, 11) is 0.552. The number of aryl methyl sites for hydroxylation is 1. The van der Waals surface area contributed by atoms with E-state index in [0.29, 0.717) is 22.8 Å². The number of hydrazone groups is 1. The fourth-order valence-electron chi connectivity index (χ4n) is 3.42. The highest BCUT2D eigenvalue weighted by atomic mass is 32.2. The van der Waals surface area contributed by atoms with E-state index in [-0.39, 0.29) is 11.4 Å². The second kappa shape index (κ2) is 12.2. The van der Waals surface area contributed by atoms with Crippen LogP contribution in [0.3, 0.4) is 0 Å². The molecular formula is C26H29N3O6S. The molecule has 3 rings (SSSR count). The third-order valence-corrected chi connectivity index (χ3v) is 7.08. The van der Waals surface area contributed by atoms with Gasteiger partial charge in [0.25, 0.3) is 5.91 Å². The largest absolute Gasteiger partial charge is 0.493 e. The van der Waals surface area contributed by atoms with E-state index in [1.165, 1.54) is 39.7 Å². The molecule has 1 amide bonds. The van der Waals surface area contributed by atoms with Gasteiger partial charge in [-0.15, -0.1) is 0 Å². The van der Waals surface area contributed by atoms with Crippen LogP contribution in [-0.4, -0.2) is 52.7 Å². The lowest BCUT2D eigenvalue weighted by Crippen LogP contribution is -2.39. The molecule has 0 saturated carbocycles. The number of hydrogen-bond acceptors (Lipinski definition) is 7. The Labute approximate surface area is 211 Å². The van der Waals surface area contributed by atoms with Gasteiger partial charge in [0, 0.05) is 12.1 Å². The first-order valence-corrected chi connectivity index (χ1v) is 12.4. The maximum absolute atomic E-state index is 13.3. The van der Waals surface area contributed by atoms with Crippen molar-refractivity contribution in [3.8, 4) is 17.2 Å². The van der Waals surface area contributed by atoms with Gasteiger partial charge in [-0.2, -0.15) is 9.41 Å². The predicted octanol–water partition coefficient (Wildman–Crippen LogP) is 3.36. The number of nitrogens with one attached hydrogen (secondary N) is 1. The summed E-state index contributed by atoms with van der Waals surface area (Å²) in [5.41, 5.74) is 4.66. The van der Waals surface area contributed by atoms with Crippen LogP contribution in [0.1, 0.15) is 16.7 Å². The van der Waals surface area contributed by atoms with Crippen LogP contribution >= 0.6 is 0 Å². The Bertz CT molecular complexity index is 1280. The summed E-state index contributed by atoms with van der Waals surface area (Å²) in [6.45, 7) is 1.48. The standard InChI is InChI=1S/C26H29N3O6S/c1-19-10-12-22(13-11-19)36(31,32)29(17-20-8-6-5-7-9-20)18-25(30)28-27-16-21-14-23(33-2)26(35-4)24(15-21)34-3/h5-16H,17-18H2,1-4H3,(H,28,30)/b27-16-. The smallest absolute Gasteiger partial charge is 0.255 e. The lowest BCUT2D eigenvalue weighted by Gasteiger charge is -2.21. The van der Waals surface area contributed by atoms with Gasteiger partial charge in [-0.3, -0.25) is 4.79 Å². The van der Waals surface area contributed by atoms with E-state index < -0.39 is 22.5 Å². The van der Waals surface area contributed by atoms with Crippen molar-refractivity contribution in [2.45, 2.75) is 18.4 Å². The molecule has 0 spiro atoms. The number of hydrogen-bond donors (Lipinski definition) is 1. The second-order valence-corrected chi connectivity index (χ2v) is 9.76. The zero-order chi connectivity index (χ0) is 26.1. The molecule has 0 radical (unpaired) electrons. The highest BCUT2D eigenvalue weighted by Gasteiger charge is 2.27. The average Bonchev–Trinajstić information content (AvgIpc) is 2.88. The van der Waals surface area contributed by atoms with E-state index in [4.69, 9.17) is 14.2 Å². The topological polar surface area (TPSA) is 107 Å². The zero-order valence-electron chi connectivity index (χ0n) is 20.6. The van der Waals surface area contributed by atoms with Gasteiger partial charge in [-0.25, -0.2) is 13.8 Å². The number of ether oxygens (including phenoxy) is 3. The molecule has 0 aliphatic rings. The number of sulfonamides is 1. The molecule has 0 unspecified atom stereocenters. The van der Waals surface area contributed by atoms with Crippen LogP contribution in [0.15, 0.2) is 76.7 Å².